The lowest BCUT2D eigenvalue weighted by atomic mass is 9.95. The van der Waals surface area contributed by atoms with Crippen LogP contribution in [0.15, 0.2) is 47.6 Å². The van der Waals surface area contributed by atoms with E-state index in [0.29, 0.717) is 37.5 Å². The molecule has 4 N–H and O–H groups in total. The second kappa shape index (κ2) is 11.8. The first-order chi connectivity index (χ1) is 17.7. The van der Waals surface area contributed by atoms with E-state index in [1.165, 1.54) is 17.6 Å². The number of anilines is 1. The largest absolute Gasteiger partial charge is 0.481 e. The van der Waals surface area contributed by atoms with Crippen LogP contribution in [0.1, 0.15) is 56.5 Å². The van der Waals surface area contributed by atoms with Crippen molar-refractivity contribution in [3.05, 3.63) is 79.6 Å². The van der Waals surface area contributed by atoms with Crippen molar-refractivity contribution in [1.82, 2.24) is 5.43 Å². The highest BCUT2D eigenvalue weighted by Crippen LogP contribution is 2.38. The fourth-order valence-electron chi connectivity index (χ4n) is 3.89. The lowest BCUT2D eigenvalue weighted by Crippen LogP contribution is -2.33. The van der Waals surface area contributed by atoms with Crippen molar-refractivity contribution in [2.45, 2.75) is 38.7 Å². The summed E-state index contributed by atoms with van der Waals surface area (Å²) in [5.41, 5.74) is 10.4. The molecule has 1 aliphatic carbocycles. The molecular weight excluding hydrogens is 535 g/mol. The molecule has 0 saturated carbocycles. The van der Waals surface area contributed by atoms with E-state index in [4.69, 9.17) is 33.7 Å². The summed E-state index contributed by atoms with van der Waals surface area (Å²) in [5, 5.41) is 8.02. The SMILES string of the molecule is CC(Oc1ccc(C(=O)Nc2sc3c(c2C(N)=O)CCCC3)cc1)C(=O)NN=Cc1ccc(Cl)c(Cl)c1. The number of hydrogen-bond acceptors (Lipinski definition) is 6. The third-order valence-electron chi connectivity index (χ3n) is 5.78. The first-order valence-electron chi connectivity index (χ1n) is 11.5. The van der Waals surface area contributed by atoms with E-state index in [2.05, 4.69) is 15.8 Å². The molecule has 4 rings (SSSR count). The molecule has 11 heteroatoms. The number of hydrogen-bond donors (Lipinski definition) is 3. The Balaban J connectivity index is 1.34. The molecule has 1 unspecified atom stereocenters. The smallest absolute Gasteiger partial charge is 0.280 e. The zero-order valence-electron chi connectivity index (χ0n) is 19.8. The van der Waals surface area contributed by atoms with Gasteiger partial charge in [0.25, 0.3) is 17.7 Å². The van der Waals surface area contributed by atoms with Crippen LogP contribution in [0.4, 0.5) is 5.00 Å². The number of ether oxygens (including phenoxy) is 1. The van der Waals surface area contributed by atoms with Crippen molar-refractivity contribution in [2.75, 3.05) is 5.32 Å². The number of nitrogens with one attached hydrogen (secondary N) is 2. The van der Waals surface area contributed by atoms with E-state index in [-0.39, 0.29) is 5.91 Å². The summed E-state index contributed by atoms with van der Waals surface area (Å²) in [7, 11) is 0. The Bertz CT molecular complexity index is 1370. The second-order valence-electron chi connectivity index (χ2n) is 8.43. The zero-order chi connectivity index (χ0) is 26.5. The van der Waals surface area contributed by atoms with Gasteiger partial charge in [-0.15, -0.1) is 11.3 Å². The quantitative estimate of drug-likeness (QED) is 0.259. The highest BCUT2D eigenvalue weighted by molar-refractivity contribution is 7.17. The van der Waals surface area contributed by atoms with Crippen LogP contribution in [0.3, 0.4) is 0 Å². The number of carbonyl (C=O) groups is 3. The molecule has 0 spiro atoms. The number of amides is 3. The summed E-state index contributed by atoms with van der Waals surface area (Å²) in [6, 6.07) is 11.3. The van der Waals surface area contributed by atoms with Gasteiger partial charge < -0.3 is 15.8 Å². The summed E-state index contributed by atoms with van der Waals surface area (Å²) in [6.07, 6.45) is 4.32. The number of fused-ring (bicyclic) bond motifs is 1. The second-order valence-corrected chi connectivity index (χ2v) is 10.3. The summed E-state index contributed by atoms with van der Waals surface area (Å²) in [4.78, 5) is 38.3. The van der Waals surface area contributed by atoms with Gasteiger partial charge in [0.1, 0.15) is 10.8 Å². The highest BCUT2D eigenvalue weighted by atomic mass is 35.5. The van der Waals surface area contributed by atoms with Crippen molar-refractivity contribution in [3.8, 4) is 5.75 Å². The molecule has 8 nitrogen and oxygen atoms in total. The van der Waals surface area contributed by atoms with Crippen LogP contribution in [0.25, 0.3) is 0 Å². The molecule has 0 saturated heterocycles. The number of nitrogens with two attached hydrogens (primary N) is 1. The molecule has 3 amide bonds. The molecule has 1 aromatic heterocycles. The predicted octanol–water partition coefficient (Wildman–Crippen LogP) is 5.20. The monoisotopic (exact) mass is 558 g/mol. The number of nitrogens with zero attached hydrogens (tertiary/aromatic N) is 1. The molecule has 0 aliphatic heterocycles. The van der Waals surface area contributed by atoms with Crippen LogP contribution in [0, 0.1) is 0 Å². The third kappa shape index (κ3) is 6.49. The minimum Gasteiger partial charge on any atom is -0.481 e. The Morgan fingerprint density at radius 3 is 2.51 bits per heavy atom. The van der Waals surface area contributed by atoms with Gasteiger partial charge in [-0.1, -0.05) is 29.3 Å². The molecular formula is C26H24Cl2N4O4S. The Morgan fingerprint density at radius 2 is 1.81 bits per heavy atom. The Kier molecular flexibility index (Phi) is 8.48. The standard InChI is InChI=1S/C26H24Cl2N4O4S/c1-14(24(34)32-30-13-15-6-11-19(27)20(28)12-15)36-17-9-7-16(8-10-17)25(35)31-26-22(23(29)33)18-4-2-3-5-21(18)37-26/h6-14H,2-5H2,1H3,(H2,29,33)(H,31,35)(H,32,34). The van der Waals surface area contributed by atoms with E-state index >= 15 is 0 Å². The van der Waals surface area contributed by atoms with Crippen LogP contribution >= 0.6 is 34.5 Å². The molecule has 192 valence electrons. The van der Waals surface area contributed by atoms with Crippen molar-refractivity contribution in [1.29, 1.82) is 0 Å². The average Bonchev–Trinajstić information content (AvgIpc) is 3.24. The number of benzene rings is 2. The van der Waals surface area contributed by atoms with Crippen LogP contribution in [-0.4, -0.2) is 30.0 Å². The minimum atomic E-state index is -0.846. The summed E-state index contributed by atoms with van der Waals surface area (Å²) in [5.74, 6) is -0.960. The third-order valence-corrected chi connectivity index (χ3v) is 7.72. The Morgan fingerprint density at radius 1 is 1.08 bits per heavy atom. The molecule has 2 aromatic carbocycles. The summed E-state index contributed by atoms with van der Waals surface area (Å²) < 4.78 is 5.66. The van der Waals surface area contributed by atoms with Crippen molar-refractivity contribution in [2.24, 2.45) is 10.8 Å². The zero-order valence-corrected chi connectivity index (χ0v) is 22.2. The predicted molar refractivity (Wildman–Crippen MR) is 146 cm³/mol. The van der Waals surface area contributed by atoms with Crippen molar-refractivity contribution in [3.63, 3.8) is 0 Å². The van der Waals surface area contributed by atoms with Crippen molar-refractivity contribution < 1.29 is 19.1 Å². The first-order valence-corrected chi connectivity index (χ1v) is 13.1. The molecule has 37 heavy (non-hydrogen) atoms. The number of rotatable bonds is 8. The first kappa shape index (κ1) is 26.7. The van der Waals surface area contributed by atoms with Gasteiger partial charge in [-0.2, -0.15) is 5.10 Å². The van der Waals surface area contributed by atoms with Gasteiger partial charge in [0.05, 0.1) is 21.8 Å². The van der Waals surface area contributed by atoms with Crippen LogP contribution < -0.4 is 21.2 Å². The molecule has 0 bridgehead atoms. The van der Waals surface area contributed by atoms with E-state index in [1.807, 2.05) is 0 Å². The van der Waals surface area contributed by atoms with Gasteiger partial charge in [-0.25, -0.2) is 5.43 Å². The van der Waals surface area contributed by atoms with E-state index < -0.39 is 17.9 Å². The number of hydrazone groups is 1. The van der Waals surface area contributed by atoms with Gasteiger partial charge in [-0.3, -0.25) is 14.4 Å². The van der Waals surface area contributed by atoms with Crippen LogP contribution in [0.2, 0.25) is 10.0 Å². The van der Waals surface area contributed by atoms with Crippen molar-refractivity contribution >= 4 is 63.5 Å². The summed E-state index contributed by atoms with van der Waals surface area (Å²) >= 11 is 13.3. The number of aryl methyl sites for hydroxylation is 1. The fraction of sp³-hybridized carbons (Fsp3) is 0.231. The lowest BCUT2D eigenvalue weighted by Gasteiger charge is -2.13. The normalized spacial score (nSPS) is 13.6. The van der Waals surface area contributed by atoms with Gasteiger partial charge in [0, 0.05) is 10.4 Å². The lowest BCUT2D eigenvalue weighted by molar-refractivity contribution is -0.127. The number of carbonyl (C=O) groups excluding carboxylic acids is 3. The number of thiophene rings is 1. The molecule has 1 heterocycles. The molecule has 0 radical (unpaired) electrons. The van der Waals surface area contributed by atoms with Crippen LogP contribution in [0.5, 0.6) is 5.75 Å². The maximum atomic E-state index is 12.8. The Labute approximate surface area is 227 Å². The van der Waals surface area contributed by atoms with Gasteiger partial charge in [0.15, 0.2) is 6.10 Å². The maximum absolute atomic E-state index is 12.8. The maximum Gasteiger partial charge on any atom is 0.280 e. The minimum absolute atomic E-state index is 0.366. The fourth-order valence-corrected chi connectivity index (χ4v) is 5.48. The highest BCUT2D eigenvalue weighted by Gasteiger charge is 2.25. The van der Waals surface area contributed by atoms with Gasteiger partial charge >= 0.3 is 0 Å². The van der Waals surface area contributed by atoms with E-state index in [1.54, 1.807) is 49.4 Å². The topological polar surface area (TPSA) is 123 Å². The Hall–Kier alpha value is -3.40. The molecule has 0 fully saturated rings. The average molecular weight is 559 g/mol. The summed E-state index contributed by atoms with van der Waals surface area (Å²) in [6.45, 7) is 1.58. The van der Waals surface area contributed by atoms with E-state index in [0.717, 1.165) is 36.1 Å². The van der Waals surface area contributed by atoms with E-state index in [9.17, 15) is 14.4 Å². The number of halogens is 2. The molecule has 1 aliphatic rings. The van der Waals surface area contributed by atoms with Crippen LogP contribution in [-0.2, 0) is 17.6 Å². The van der Waals surface area contributed by atoms with Gasteiger partial charge in [-0.05, 0) is 80.1 Å². The number of primary amides is 1. The molecule has 3 aromatic rings. The molecule has 1 atom stereocenters. The van der Waals surface area contributed by atoms with Gasteiger partial charge in [0.2, 0.25) is 0 Å².